The predicted molar refractivity (Wildman–Crippen MR) is 56.5 cm³/mol. The molecule has 0 fully saturated rings. The summed E-state index contributed by atoms with van der Waals surface area (Å²) >= 11 is 0. The zero-order valence-corrected chi connectivity index (χ0v) is 8.95. The van der Waals surface area contributed by atoms with Gasteiger partial charge in [-0.15, -0.1) is 0 Å². The van der Waals surface area contributed by atoms with Crippen LogP contribution in [-0.2, 0) is 10.0 Å². The summed E-state index contributed by atoms with van der Waals surface area (Å²) in [5.41, 5.74) is 5.96. The first-order valence-corrected chi connectivity index (χ1v) is 5.77. The van der Waals surface area contributed by atoms with Crippen LogP contribution in [0.2, 0.25) is 0 Å². The molecular weight excluding hydrogens is 202 g/mol. The van der Waals surface area contributed by atoms with Crippen molar-refractivity contribution in [2.45, 2.75) is 6.92 Å². The van der Waals surface area contributed by atoms with Crippen molar-refractivity contribution in [3.63, 3.8) is 0 Å². The van der Waals surface area contributed by atoms with Crippen LogP contribution in [0, 0.1) is 0 Å². The van der Waals surface area contributed by atoms with E-state index in [0.717, 1.165) is 4.31 Å². The van der Waals surface area contributed by atoms with E-state index in [1.165, 1.54) is 13.2 Å². The number of anilines is 2. The lowest BCUT2D eigenvalue weighted by Gasteiger charge is -2.18. The second kappa shape index (κ2) is 3.83. The Labute approximate surface area is 83.6 Å². The third-order valence-electron chi connectivity index (χ3n) is 1.90. The molecule has 1 rings (SSSR count). The summed E-state index contributed by atoms with van der Waals surface area (Å²) < 4.78 is 24.1. The third-order valence-corrected chi connectivity index (χ3v) is 3.63. The number of nitrogen functional groups attached to an aromatic ring is 1. The Morgan fingerprint density at radius 1 is 1.57 bits per heavy atom. The lowest BCUT2D eigenvalue weighted by Crippen LogP contribution is -2.29. The van der Waals surface area contributed by atoms with Crippen molar-refractivity contribution in [2.75, 3.05) is 22.8 Å². The van der Waals surface area contributed by atoms with Crippen molar-refractivity contribution in [1.82, 2.24) is 4.98 Å². The smallest absolute Gasteiger partial charge is 0.235 e. The van der Waals surface area contributed by atoms with Crippen LogP contribution >= 0.6 is 0 Å². The highest BCUT2D eigenvalue weighted by atomic mass is 32.2. The summed E-state index contributed by atoms with van der Waals surface area (Å²) in [6.07, 6.45) is 1.51. The van der Waals surface area contributed by atoms with Gasteiger partial charge in [-0.25, -0.2) is 13.4 Å². The van der Waals surface area contributed by atoms with Crippen LogP contribution in [-0.4, -0.2) is 26.2 Å². The van der Waals surface area contributed by atoms with E-state index in [2.05, 4.69) is 4.98 Å². The van der Waals surface area contributed by atoms with Gasteiger partial charge in [-0.2, -0.15) is 0 Å². The fraction of sp³-hybridized carbons (Fsp3) is 0.375. The number of nitrogens with two attached hydrogens (primary N) is 1. The number of pyridine rings is 1. The van der Waals surface area contributed by atoms with E-state index >= 15 is 0 Å². The van der Waals surface area contributed by atoms with Crippen molar-refractivity contribution in [3.05, 3.63) is 18.3 Å². The molecule has 0 atom stereocenters. The van der Waals surface area contributed by atoms with Gasteiger partial charge in [0, 0.05) is 13.2 Å². The minimum Gasteiger partial charge on any atom is -0.396 e. The fourth-order valence-corrected chi connectivity index (χ4v) is 1.80. The molecule has 0 saturated heterocycles. The summed E-state index contributed by atoms with van der Waals surface area (Å²) in [4.78, 5) is 3.91. The summed E-state index contributed by atoms with van der Waals surface area (Å²) in [6, 6.07) is 3.27. The molecule has 0 bridgehead atoms. The second-order valence-corrected chi connectivity index (χ2v) is 5.07. The predicted octanol–water partition coefficient (Wildman–Crippen LogP) is 0.450. The Bertz CT molecular complexity index is 416. The number of nitrogens with zero attached hydrogens (tertiary/aromatic N) is 2. The third kappa shape index (κ3) is 1.95. The standard InChI is InChI=1S/C8H13N3O2S/c1-3-14(12,13)11(2)8-7(9)5-4-6-10-8/h4-6H,3,9H2,1-2H3. The highest BCUT2D eigenvalue weighted by molar-refractivity contribution is 7.92. The minimum absolute atomic E-state index is 0.0273. The molecule has 0 aliphatic heterocycles. The lowest BCUT2D eigenvalue weighted by molar-refractivity contribution is 0.595. The van der Waals surface area contributed by atoms with Gasteiger partial charge < -0.3 is 5.73 Å². The highest BCUT2D eigenvalue weighted by Gasteiger charge is 2.18. The van der Waals surface area contributed by atoms with Gasteiger partial charge in [0.15, 0.2) is 5.82 Å². The zero-order chi connectivity index (χ0) is 10.8. The van der Waals surface area contributed by atoms with E-state index in [1.807, 2.05) is 0 Å². The molecule has 1 heterocycles. The summed E-state index contributed by atoms with van der Waals surface area (Å²) in [6.45, 7) is 1.57. The maximum atomic E-state index is 11.5. The largest absolute Gasteiger partial charge is 0.396 e. The molecule has 0 aliphatic rings. The van der Waals surface area contributed by atoms with Gasteiger partial charge in [0.1, 0.15) is 0 Å². The van der Waals surface area contributed by atoms with Crippen molar-refractivity contribution in [2.24, 2.45) is 0 Å². The van der Waals surface area contributed by atoms with Crippen LogP contribution in [0.25, 0.3) is 0 Å². The molecule has 0 unspecified atom stereocenters. The quantitative estimate of drug-likeness (QED) is 0.794. The summed E-state index contributed by atoms with van der Waals surface area (Å²) in [5, 5.41) is 0. The fourth-order valence-electron chi connectivity index (χ4n) is 0.998. The first kappa shape index (κ1) is 10.8. The van der Waals surface area contributed by atoms with Crippen LogP contribution in [0.1, 0.15) is 6.92 Å². The molecule has 0 aliphatic carbocycles. The topological polar surface area (TPSA) is 76.3 Å². The van der Waals surface area contributed by atoms with E-state index in [4.69, 9.17) is 5.73 Å². The van der Waals surface area contributed by atoms with Crippen LogP contribution in [0.15, 0.2) is 18.3 Å². The second-order valence-electron chi connectivity index (χ2n) is 2.78. The number of sulfonamides is 1. The van der Waals surface area contributed by atoms with Crippen LogP contribution in [0.3, 0.4) is 0 Å². The number of aromatic nitrogens is 1. The van der Waals surface area contributed by atoms with Crippen LogP contribution < -0.4 is 10.0 Å². The van der Waals surface area contributed by atoms with Crippen molar-refractivity contribution >= 4 is 21.5 Å². The Hall–Kier alpha value is -1.30. The molecule has 0 aromatic carbocycles. The van der Waals surface area contributed by atoms with Gasteiger partial charge >= 0.3 is 0 Å². The van der Waals surface area contributed by atoms with Gasteiger partial charge in [0.05, 0.1) is 11.4 Å². The lowest BCUT2D eigenvalue weighted by atomic mass is 10.4. The van der Waals surface area contributed by atoms with Gasteiger partial charge in [-0.3, -0.25) is 4.31 Å². The number of hydrogen-bond donors (Lipinski definition) is 1. The number of hydrogen-bond acceptors (Lipinski definition) is 4. The zero-order valence-electron chi connectivity index (χ0n) is 8.14. The minimum atomic E-state index is -3.28. The van der Waals surface area contributed by atoms with Crippen molar-refractivity contribution in [3.8, 4) is 0 Å². The molecular formula is C8H13N3O2S. The number of rotatable bonds is 3. The van der Waals surface area contributed by atoms with E-state index in [-0.39, 0.29) is 11.6 Å². The average Bonchev–Trinajstić information content (AvgIpc) is 2.17. The van der Waals surface area contributed by atoms with Crippen molar-refractivity contribution < 1.29 is 8.42 Å². The SMILES string of the molecule is CCS(=O)(=O)N(C)c1ncccc1N. The Kier molecular flexibility index (Phi) is 2.95. The van der Waals surface area contributed by atoms with E-state index in [0.29, 0.717) is 5.69 Å². The van der Waals surface area contributed by atoms with Gasteiger partial charge in [0.2, 0.25) is 10.0 Å². The van der Waals surface area contributed by atoms with Crippen molar-refractivity contribution in [1.29, 1.82) is 0 Å². The highest BCUT2D eigenvalue weighted by Crippen LogP contribution is 2.20. The molecule has 0 spiro atoms. The monoisotopic (exact) mass is 215 g/mol. The molecule has 0 radical (unpaired) electrons. The van der Waals surface area contributed by atoms with Gasteiger partial charge in [-0.05, 0) is 19.1 Å². The van der Waals surface area contributed by atoms with Gasteiger partial charge in [-0.1, -0.05) is 0 Å². The first-order valence-electron chi connectivity index (χ1n) is 4.16. The maximum absolute atomic E-state index is 11.5. The molecule has 0 amide bonds. The normalized spacial score (nSPS) is 11.3. The Balaban J connectivity index is 3.14. The van der Waals surface area contributed by atoms with Crippen LogP contribution in [0.5, 0.6) is 0 Å². The molecule has 6 heteroatoms. The first-order chi connectivity index (χ1) is 6.49. The molecule has 0 saturated carbocycles. The average molecular weight is 215 g/mol. The molecule has 5 nitrogen and oxygen atoms in total. The van der Waals surface area contributed by atoms with Gasteiger partial charge in [0.25, 0.3) is 0 Å². The van der Waals surface area contributed by atoms with Crippen LogP contribution in [0.4, 0.5) is 11.5 Å². The van der Waals surface area contributed by atoms with E-state index in [9.17, 15) is 8.42 Å². The summed E-state index contributed by atoms with van der Waals surface area (Å²) in [5.74, 6) is 0.300. The molecule has 2 N–H and O–H groups in total. The molecule has 14 heavy (non-hydrogen) atoms. The Morgan fingerprint density at radius 2 is 2.21 bits per heavy atom. The van der Waals surface area contributed by atoms with E-state index in [1.54, 1.807) is 19.1 Å². The summed E-state index contributed by atoms with van der Waals surface area (Å²) in [7, 11) is -1.84. The maximum Gasteiger partial charge on any atom is 0.235 e. The molecule has 1 aromatic heterocycles. The van der Waals surface area contributed by atoms with E-state index < -0.39 is 10.0 Å². The molecule has 1 aromatic rings. The Morgan fingerprint density at radius 3 is 2.71 bits per heavy atom. The molecule has 78 valence electrons.